The number of aliphatic carboxylic acids is 1. The molecular formula is C15H20O3. The molecule has 3 nitrogen and oxygen atoms in total. The van der Waals surface area contributed by atoms with Gasteiger partial charge in [-0.25, -0.2) is 0 Å². The Morgan fingerprint density at radius 2 is 1.67 bits per heavy atom. The van der Waals surface area contributed by atoms with Gasteiger partial charge in [-0.3, -0.25) is 9.59 Å². The molecule has 0 radical (unpaired) electrons. The van der Waals surface area contributed by atoms with Crippen molar-refractivity contribution in [3.63, 3.8) is 0 Å². The Kier molecular flexibility index (Phi) is 4.65. The Hall–Kier alpha value is -1.64. The zero-order valence-electron chi connectivity index (χ0n) is 11.2. The summed E-state index contributed by atoms with van der Waals surface area (Å²) in [6.07, 6.45) is 0.526. The molecule has 18 heavy (non-hydrogen) atoms. The average Bonchev–Trinajstić information content (AvgIpc) is 2.25. The van der Waals surface area contributed by atoms with Crippen LogP contribution in [-0.2, 0) is 21.4 Å². The van der Waals surface area contributed by atoms with Gasteiger partial charge in [-0.15, -0.1) is 0 Å². The fourth-order valence-corrected chi connectivity index (χ4v) is 1.71. The molecule has 0 aromatic heterocycles. The van der Waals surface area contributed by atoms with E-state index in [0.29, 0.717) is 12.8 Å². The van der Waals surface area contributed by atoms with Gasteiger partial charge < -0.3 is 5.11 Å². The van der Waals surface area contributed by atoms with E-state index in [1.165, 1.54) is 5.56 Å². The monoisotopic (exact) mass is 248 g/mol. The summed E-state index contributed by atoms with van der Waals surface area (Å²) in [5.41, 5.74) is 2.45. The van der Waals surface area contributed by atoms with Gasteiger partial charge in [0.25, 0.3) is 0 Å². The molecule has 0 heterocycles. The van der Waals surface area contributed by atoms with Crippen LogP contribution in [0.2, 0.25) is 0 Å². The van der Waals surface area contributed by atoms with Crippen LogP contribution in [0.3, 0.4) is 0 Å². The standard InChI is InChI=1S/C15H20O3/c1-15(2,3)12-7-4-11(5-8-12)6-9-13(16)10-14(17)18/h4-5,7-8H,6,9-10H2,1-3H3,(H,17,18). The zero-order chi connectivity index (χ0) is 13.8. The molecule has 0 fully saturated rings. The predicted octanol–water partition coefficient (Wildman–Crippen LogP) is 2.96. The first-order valence-electron chi connectivity index (χ1n) is 6.12. The van der Waals surface area contributed by atoms with Gasteiger partial charge in [0, 0.05) is 6.42 Å². The fourth-order valence-electron chi connectivity index (χ4n) is 1.71. The number of aryl methyl sites for hydroxylation is 1. The lowest BCUT2D eigenvalue weighted by Crippen LogP contribution is -2.11. The van der Waals surface area contributed by atoms with E-state index in [1.807, 2.05) is 12.1 Å². The summed E-state index contributed by atoms with van der Waals surface area (Å²) in [4.78, 5) is 21.6. The van der Waals surface area contributed by atoms with E-state index in [1.54, 1.807) is 0 Å². The molecule has 0 spiro atoms. The fraction of sp³-hybridized carbons (Fsp3) is 0.467. The van der Waals surface area contributed by atoms with Gasteiger partial charge in [-0.2, -0.15) is 0 Å². The first-order valence-corrected chi connectivity index (χ1v) is 6.12. The highest BCUT2D eigenvalue weighted by atomic mass is 16.4. The maximum absolute atomic E-state index is 11.3. The minimum absolute atomic E-state index is 0.123. The van der Waals surface area contributed by atoms with Crippen molar-refractivity contribution < 1.29 is 14.7 Å². The van der Waals surface area contributed by atoms with Crippen molar-refractivity contribution in [2.75, 3.05) is 0 Å². The largest absolute Gasteiger partial charge is 0.481 e. The highest BCUT2D eigenvalue weighted by molar-refractivity contribution is 5.94. The first kappa shape index (κ1) is 14.4. The lowest BCUT2D eigenvalue weighted by Gasteiger charge is -2.19. The number of benzene rings is 1. The van der Waals surface area contributed by atoms with Crippen molar-refractivity contribution >= 4 is 11.8 Å². The summed E-state index contributed by atoms with van der Waals surface area (Å²) in [5, 5.41) is 8.49. The van der Waals surface area contributed by atoms with Crippen molar-refractivity contribution in [3.8, 4) is 0 Å². The SMILES string of the molecule is CC(C)(C)c1ccc(CCC(=O)CC(=O)O)cc1. The van der Waals surface area contributed by atoms with Gasteiger partial charge in [-0.05, 0) is 23.0 Å². The van der Waals surface area contributed by atoms with Crippen LogP contribution in [0.25, 0.3) is 0 Å². The van der Waals surface area contributed by atoms with Crippen molar-refractivity contribution in [3.05, 3.63) is 35.4 Å². The maximum atomic E-state index is 11.3. The molecule has 3 heteroatoms. The highest BCUT2D eigenvalue weighted by Gasteiger charge is 2.13. The minimum atomic E-state index is -1.05. The Morgan fingerprint density at radius 1 is 1.11 bits per heavy atom. The van der Waals surface area contributed by atoms with E-state index in [9.17, 15) is 9.59 Å². The highest BCUT2D eigenvalue weighted by Crippen LogP contribution is 2.22. The minimum Gasteiger partial charge on any atom is -0.481 e. The molecule has 0 aliphatic carbocycles. The third-order valence-electron chi connectivity index (χ3n) is 2.86. The van der Waals surface area contributed by atoms with Crippen molar-refractivity contribution in [1.82, 2.24) is 0 Å². The number of Topliss-reactive ketones (excluding diaryl/α,β-unsaturated/α-hetero) is 1. The van der Waals surface area contributed by atoms with Gasteiger partial charge >= 0.3 is 5.97 Å². The smallest absolute Gasteiger partial charge is 0.310 e. The van der Waals surface area contributed by atoms with Crippen LogP contribution in [0.5, 0.6) is 0 Å². The molecule has 0 saturated carbocycles. The Bertz CT molecular complexity index is 424. The number of hydrogen-bond acceptors (Lipinski definition) is 2. The summed E-state index contributed by atoms with van der Waals surface area (Å²) < 4.78 is 0. The lowest BCUT2D eigenvalue weighted by molar-refractivity contribution is -0.140. The molecule has 0 atom stereocenters. The summed E-state index contributed by atoms with van der Waals surface area (Å²) in [6.45, 7) is 6.45. The van der Waals surface area contributed by atoms with Crippen LogP contribution in [0.15, 0.2) is 24.3 Å². The molecule has 1 N–H and O–H groups in total. The Labute approximate surface area is 108 Å². The van der Waals surface area contributed by atoms with Crippen LogP contribution in [0, 0.1) is 0 Å². The number of rotatable bonds is 5. The molecule has 1 rings (SSSR count). The summed E-state index contributed by atoms with van der Waals surface area (Å²) in [6, 6.07) is 8.15. The second-order valence-electron chi connectivity index (χ2n) is 5.56. The molecule has 0 bridgehead atoms. The molecule has 0 unspecified atom stereocenters. The predicted molar refractivity (Wildman–Crippen MR) is 70.7 cm³/mol. The van der Waals surface area contributed by atoms with E-state index in [2.05, 4.69) is 32.9 Å². The van der Waals surface area contributed by atoms with Gasteiger partial charge in [0.15, 0.2) is 0 Å². The first-order chi connectivity index (χ1) is 8.29. The molecule has 0 aliphatic heterocycles. The van der Waals surface area contributed by atoms with Gasteiger partial charge in [0.05, 0.1) is 0 Å². The van der Waals surface area contributed by atoms with Crippen molar-refractivity contribution in [2.24, 2.45) is 0 Å². The maximum Gasteiger partial charge on any atom is 0.310 e. The lowest BCUT2D eigenvalue weighted by atomic mass is 9.86. The van der Waals surface area contributed by atoms with E-state index in [4.69, 9.17) is 5.11 Å². The molecule has 0 aliphatic rings. The third-order valence-corrected chi connectivity index (χ3v) is 2.86. The third kappa shape index (κ3) is 4.70. The number of hydrogen-bond donors (Lipinski definition) is 1. The van der Waals surface area contributed by atoms with E-state index >= 15 is 0 Å². The van der Waals surface area contributed by atoms with Crippen molar-refractivity contribution in [2.45, 2.75) is 45.4 Å². The molecule has 0 amide bonds. The van der Waals surface area contributed by atoms with E-state index < -0.39 is 5.97 Å². The van der Waals surface area contributed by atoms with Crippen LogP contribution < -0.4 is 0 Å². The second-order valence-corrected chi connectivity index (χ2v) is 5.56. The van der Waals surface area contributed by atoms with Crippen LogP contribution in [0.4, 0.5) is 0 Å². The van der Waals surface area contributed by atoms with Crippen LogP contribution >= 0.6 is 0 Å². The average molecular weight is 248 g/mol. The number of carbonyl (C=O) groups excluding carboxylic acids is 1. The molecule has 98 valence electrons. The van der Waals surface area contributed by atoms with Gasteiger partial charge in [-0.1, -0.05) is 45.0 Å². The number of carboxylic acids is 1. The van der Waals surface area contributed by atoms with Crippen LogP contribution in [-0.4, -0.2) is 16.9 Å². The summed E-state index contributed by atoms with van der Waals surface area (Å²) in [7, 11) is 0. The molecule has 1 aromatic carbocycles. The van der Waals surface area contributed by atoms with Gasteiger partial charge in [0.2, 0.25) is 0 Å². The second kappa shape index (κ2) is 5.80. The summed E-state index contributed by atoms with van der Waals surface area (Å²) >= 11 is 0. The van der Waals surface area contributed by atoms with Gasteiger partial charge in [0.1, 0.15) is 12.2 Å². The number of carbonyl (C=O) groups is 2. The Morgan fingerprint density at radius 3 is 2.11 bits per heavy atom. The normalized spacial score (nSPS) is 11.3. The van der Waals surface area contributed by atoms with Crippen molar-refractivity contribution in [1.29, 1.82) is 0 Å². The molecule has 0 saturated heterocycles. The quantitative estimate of drug-likeness (QED) is 0.815. The summed E-state index contributed by atoms with van der Waals surface area (Å²) in [5.74, 6) is -1.27. The molecular weight excluding hydrogens is 228 g/mol. The van der Waals surface area contributed by atoms with Crippen LogP contribution in [0.1, 0.15) is 44.7 Å². The Balaban J connectivity index is 2.54. The van der Waals surface area contributed by atoms with E-state index in [0.717, 1.165) is 5.56 Å². The van der Waals surface area contributed by atoms with E-state index in [-0.39, 0.29) is 17.6 Å². The zero-order valence-corrected chi connectivity index (χ0v) is 11.2. The topological polar surface area (TPSA) is 54.4 Å². The number of ketones is 1. The number of carboxylic acid groups (broad SMARTS) is 1. The molecule has 1 aromatic rings.